The summed E-state index contributed by atoms with van der Waals surface area (Å²) in [5.41, 5.74) is 11.3. The van der Waals surface area contributed by atoms with Crippen molar-refractivity contribution in [1.29, 1.82) is 0 Å². The van der Waals surface area contributed by atoms with E-state index < -0.39 is 24.3 Å². The van der Waals surface area contributed by atoms with E-state index in [1.54, 1.807) is 0 Å². The summed E-state index contributed by atoms with van der Waals surface area (Å²) < 4.78 is 11.9. The van der Waals surface area contributed by atoms with E-state index >= 15 is 0 Å². The Morgan fingerprint density at radius 1 is 0.696 bits per heavy atom. The van der Waals surface area contributed by atoms with Gasteiger partial charge in [0.2, 0.25) is 11.8 Å². The SMILES string of the molecule is COC(=O)N[C@H](C(=O)N1CCC[C@H]1C1=NC(c2ccc(-n3ccc(-c4ccc(-c5cnc([C@@H]6CCCN6C(=O)[C@@H](NC(=O)OC)C(C)C)[nH]5)cc4)c3-c3ccc(C(C)(C)C)cc3)cc2)=CC1)C(C)C. The number of H-pyrrole nitrogens is 1. The van der Waals surface area contributed by atoms with Crippen LogP contribution in [-0.2, 0) is 24.5 Å². The number of nitrogens with one attached hydrogen (secondary N) is 3. The fourth-order valence-corrected chi connectivity index (χ4v) is 9.87. The molecule has 0 radical (unpaired) electrons. The minimum absolute atomic E-state index is 0.00636. The number of carbonyl (C=O) groups excluding carboxylic acids is 4. The van der Waals surface area contributed by atoms with Crippen LogP contribution in [0.4, 0.5) is 9.59 Å². The van der Waals surface area contributed by atoms with Crippen LogP contribution < -0.4 is 10.6 Å². The number of ether oxygens (including phenoxy) is 2. The van der Waals surface area contributed by atoms with Crippen LogP contribution in [0.25, 0.3) is 45.0 Å². The molecule has 5 aromatic rings. The van der Waals surface area contributed by atoms with Gasteiger partial charge in [-0.25, -0.2) is 14.6 Å². The molecule has 3 aliphatic rings. The number of aromatic amines is 1. The van der Waals surface area contributed by atoms with Crippen molar-refractivity contribution in [1.82, 2.24) is 35.0 Å². The number of methoxy groups -OCH3 is 2. The Kier molecular flexibility index (Phi) is 14.3. The van der Waals surface area contributed by atoms with Gasteiger partial charge in [-0.05, 0) is 89.0 Å². The first-order chi connectivity index (χ1) is 33.1. The van der Waals surface area contributed by atoms with Gasteiger partial charge >= 0.3 is 12.2 Å². The summed E-state index contributed by atoms with van der Waals surface area (Å²) in [6.45, 7) is 15.5. The third-order valence-corrected chi connectivity index (χ3v) is 13.8. The average Bonchev–Trinajstić information content (AvgIpc) is 4.21. The quantitative estimate of drug-likeness (QED) is 0.106. The van der Waals surface area contributed by atoms with E-state index in [4.69, 9.17) is 19.5 Å². The molecular formula is C55H66N8O6. The number of aliphatic imine (C=N–C) groups is 1. The molecule has 3 N–H and O–H groups in total. The lowest BCUT2D eigenvalue weighted by Gasteiger charge is -2.30. The van der Waals surface area contributed by atoms with E-state index in [0.717, 1.165) is 87.8 Å². The zero-order valence-corrected chi connectivity index (χ0v) is 41.3. The molecule has 3 aromatic carbocycles. The van der Waals surface area contributed by atoms with Gasteiger partial charge in [0.25, 0.3) is 0 Å². The second-order valence-electron chi connectivity index (χ2n) is 20.1. The number of hydrogen-bond donors (Lipinski definition) is 3. The van der Waals surface area contributed by atoms with Crippen LogP contribution >= 0.6 is 0 Å². The Bertz CT molecular complexity index is 2720. The fraction of sp³-hybridized carbons (Fsp3) is 0.418. The zero-order valence-electron chi connectivity index (χ0n) is 41.3. The number of imidazole rings is 1. The Morgan fingerprint density at radius 3 is 1.80 bits per heavy atom. The summed E-state index contributed by atoms with van der Waals surface area (Å²) in [5.74, 6) is 0.258. The first-order valence-electron chi connectivity index (χ1n) is 24.2. The highest BCUT2D eigenvalue weighted by atomic mass is 16.5. The summed E-state index contributed by atoms with van der Waals surface area (Å²) in [7, 11) is 2.60. The van der Waals surface area contributed by atoms with Gasteiger partial charge in [0.15, 0.2) is 0 Å². The summed E-state index contributed by atoms with van der Waals surface area (Å²) in [6.07, 6.45) is 8.84. The molecule has 0 spiro atoms. The number of rotatable bonds is 13. The second kappa shape index (κ2) is 20.3. The summed E-state index contributed by atoms with van der Waals surface area (Å²) in [4.78, 5) is 68.8. The van der Waals surface area contributed by atoms with Crippen LogP contribution in [0.5, 0.6) is 0 Å². The molecule has 2 saturated heterocycles. The van der Waals surface area contributed by atoms with Crippen molar-refractivity contribution in [2.75, 3.05) is 27.3 Å². The molecule has 4 atom stereocenters. The van der Waals surface area contributed by atoms with Crippen LogP contribution in [-0.4, -0.2) is 99.5 Å². The highest BCUT2D eigenvalue weighted by molar-refractivity contribution is 6.02. The van der Waals surface area contributed by atoms with E-state index in [-0.39, 0.29) is 41.1 Å². The van der Waals surface area contributed by atoms with Crippen molar-refractivity contribution in [2.24, 2.45) is 16.8 Å². The lowest BCUT2D eigenvalue weighted by atomic mass is 9.86. The molecule has 0 saturated carbocycles. The van der Waals surface area contributed by atoms with Crippen LogP contribution in [0.15, 0.2) is 102 Å². The van der Waals surface area contributed by atoms with Gasteiger partial charge in [0, 0.05) is 42.7 Å². The van der Waals surface area contributed by atoms with E-state index in [1.165, 1.54) is 19.8 Å². The largest absolute Gasteiger partial charge is 0.453 e. The van der Waals surface area contributed by atoms with Crippen molar-refractivity contribution >= 4 is 35.4 Å². The number of carbonyl (C=O) groups is 4. The predicted molar refractivity (Wildman–Crippen MR) is 270 cm³/mol. The zero-order chi connectivity index (χ0) is 49.1. The van der Waals surface area contributed by atoms with Crippen LogP contribution in [0.2, 0.25) is 0 Å². The third-order valence-electron chi connectivity index (χ3n) is 13.8. The smallest absolute Gasteiger partial charge is 0.407 e. The van der Waals surface area contributed by atoms with Crippen LogP contribution in [0.1, 0.15) is 104 Å². The highest BCUT2D eigenvalue weighted by Crippen LogP contribution is 2.39. The van der Waals surface area contributed by atoms with Gasteiger partial charge < -0.3 is 39.5 Å². The van der Waals surface area contributed by atoms with Gasteiger partial charge in [-0.15, -0.1) is 0 Å². The Labute approximate surface area is 405 Å². The van der Waals surface area contributed by atoms with Crippen molar-refractivity contribution in [3.05, 3.63) is 114 Å². The molecule has 3 aliphatic heterocycles. The van der Waals surface area contributed by atoms with Crippen molar-refractivity contribution in [3.8, 4) is 39.3 Å². The molecule has 69 heavy (non-hydrogen) atoms. The monoisotopic (exact) mass is 935 g/mol. The molecule has 8 rings (SSSR count). The number of aromatic nitrogens is 3. The molecule has 2 aromatic heterocycles. The normalized spacial score (nSPS) is 18.0. The van der Waals surface area contributed by atoms with Crippen molar-refractivity contribution in [3.63, 3.8) is 0 Å². The molecule has 0 aliphatic carbocycles. The maximum Gasteiger partial charge on any atom is 0.407 e. The Balaban J connectivity index is 1.03. The number of alkyl carbamates (subject to hydrolysis) is 2. The maximum atomic E-state index is 13.8. The molecule has 362 valence electrons. The van der Waals surface area contributed by atoms with E-state index in [9.17, 15) is 19.2 Å². The number of benzene rings is 3. The molecule has 2 fully saturated rings. The van der Waals surface area contributed by atoms with Gasteiger partial charge in [-0.2, -0.15) is 0 Å². The minimum atomic E-state index is -0.702. The topological polar surface area (TPSA) is 163 Å². The standard InChI is InChI=1S/C55H66N8O6/c1-33(2)47(59-53(66)68-8)51(64)62-29-10-12-45(62)43-27-26-42(57-43)36-20-24-40(25-21-36)61-31-28-41(49(61)38-18-22-39(23-19-38)55(5,6)7)35-14-16-37(17-15-35)44-32-56-50(58-44)46-13-11-30-63(46)52(65)48(34(3)4)60-54(67)69-9/h14-26,28,31-34,45-48H,10-13,27,29-30H2,1-9H3,(H,56,58)(H,59,66)(H,60,67)/t45-,46-,47-,48-/m0/s1. The van der Waals surface area contributed by atoms with E-state index in [0.29, 0.717) is 19.5 Å². The fourth-order valence-electron chi connectivity index (χ4n) is 9.87. The van der Waals surface area contributed by atoms with Gasteiger partial charge in [-0.3, -0.25) is 14.6 Å². The Hall–Kier alpha value is -6.96. The third kappa shape index (κ3) is 10.3. The molecule has 14 heteroatoms. The number of allylic oxidation sites excluding steroid dienone is 1. The van der Waals surface area contributed by atoms with Gasteiger partial charge in [0.05, 0.1) is 49.6 Å². The molecular weight excluding hydrogens is 869 g/mol. The molecule has 0 unspecified atom stereocenters. The first kappa shape index (κ1) is 48.5. The average molecular weight is 935 g/mol. The lowest BCUT2D eigenvalue weighted by Crippen LogP contribution is -2.53. The number of likely N-dealkylation sites (tertiary alicyclic amines) is 2. The van der Waals surface area contributed by atoms with Crippen molar-refractivity contribution < 1.29 is 28.7 Å². The van der Waals surface area contributed by atoms with E-state index in [1.807, 2.05) is 43.7 Å². The van der Waals surface area contributed by atoms with Crippen LogP contribution in [0.3, 0.4) is 0 Å². The van der Waals surface area contributed by atoms with E-state index in [2.05, 4.69) is 132 Å². The number of hydrogen-bond acceptors (Lipinski definition) is 8. The number of amides is 4. The summed E-state index contributed by atoms with van der Waals surface area (Å²) in [5, 5.41) is 5.46. The molecule has 0 bridgehead atoms. The van der Waals surface area contributed by atoms with Gasteiger partial charge in [-0.1, -0.05) is 115 Å². The number of nitrogens with zero attached hydrogens (tertiary/aromatic N) is 5. The Morgan fingerprint density at radius 2 is 1.23 bits per heavy atom. The van der Waals surface area contributed by atoms with Crippen LogP contribution in [0, 0.1) is 11.8 Å². The maximum absolute atomic E-state index is 13.8. The van der Waals surface area contributed by atoms with Crippen molar-refractivity contribution in [2.45, 2.75) is 110 Å². The second-order valence-corrected chi connectivity index (χ2v) is 20.1. The summed E-state index contributed by atoms with van der Waals surface area (Å²) in [6, 6.07) is 26.3. The summed E-state index contributed by atoms with van der Waals surface area (Å²) >= 11 is 0. The molecule has 14 nitrogen and oxygen atoms in total. The molecule has 5 heterocycles. The first-order valence-corrected chi connectivity index (χ1v) is 24.2. The lowest BCUT2D eigenvalue weighted by molar-refractivity contribution is -0.135. The van der Waals surface area contributed by atoms with Gasteiger partial charge in [0.1, 0.15) is 17.9 Å². The predicted octanol–water partition coefficient (Wildman–Crippen LogP) is 10.1. The highest BCUT2D eigenvalue weighted by Gasteiger charge is 2.39. The minimum Gasteiger partial charge on any atom is -0.453 e. The molecule has 4 amide bonds.